The van der Waals surface area contributed by atoms with Crippen LogP contribution in [0.5, 0.6) is 0 Å². The minimum atomic E-state index is -0.287. The van der Waals surface area contributed by atoms with Crippen LogP contribution in [0.4, 0.5) is 0 Å². The molecule has 0 saturated carbocycles. The van der Waals surface area contributed by atoms with Crippen molar-refractivity contribution in [2.24, 2.45) is 5.92 Å². The number of carbonyl (C=O) groups is 1. The normalized spacial score (nSPS) is 23.3. The SMILES string of the molecule is CCCC(C)C(=O)N1CCNCC1C#N. The maximum Gasteiger partial charge on any atom is 0.226 e. The van der Waals surface area contributed by atoms with Crippen molar-refractivity contribution in [3.8, 4) is 6.07 Å². The maximum atomic E-state index is 12.0. The van der Waals surface area contributed by atoms with Crippen LogP contribution in [0.2, 0.25) is 0 Å². The zero-order valence-electron chi connectivity index (χ0n) is 9.49. The molecule has 2 unspecified atom stereocenters. The fourth-order valence-electron chi connectivity index (χ4n) is 1.92. The van der Waals surface area contributed by atoms with Crippen LogP contribution in [0.1, 0.15) is 26.7 Å². The summed E-state index contributed by atoms with van der Waals surface area (Å²) < 4.78 is 0. The average Bonchev–Trinajstić information content (AvgIpc) is 2.28. The van der Waals surface area contributed by atoms with E-state index in [0.717, 1.165) is 19.4 Å². The smallest absolute Gasteiger partial charge is 0.226 e. The van der Waals surface area contributed by atoms with Gasteiger partial charge < -0.3 is 10.2 Å². The van der Waals surface area contributed by atoms with E-state index in [2.05, 4.69) is 18.3 Å². The largest absolute Gasteiger partial charge is 0.324 e. The number of nitrogens with zero attached hydrogens (tertiary/aromatic N) is 2. The number of nitriles is 1. The summed E-state index contributed by atoms with van der Waals surface area (Å²) in [7, 11) is 0. The molecule has 15 heavy (non-hydrogen) atoms. The molecular weight excluding hydrogens is 190 g/mol. The van der Waals surface area contributed by atoms with Gasteiger partial charge in [0.05, 0.1) is 6.07 Å². The van der Waals surface area contributed by atoms with Crippen molar-refractivity contribution in [2.45, 2.75) is 32.7 Å². The molecule has 1 rings (SSSR count). The predicted octanol–water partition coefficient (Wildman–Crippen LogP) is 0.747. The number of nitrogens with one attached hydrogen (secondary N) is 1. The Kier molecular flexibility index (Phi) is 4.57. The molecule has 1 heterocycles. The van der Waals surface area contributed by atoms with Crippen molar-refractivity contribution in [3.63, 3.8) is 0 Å². The summed E-state index contributed by atoms with van der Waals surface area (Å²) in [6.45, 7) is 6.07. The number of piperazine rings is 1. The Morgan fingerprint density at radius 3 is 3.07 bits per heavy atom. The number of carbonyl (C=O) groups excluding carboxylic acids is 1. The molecule has 1 N–H and O–H groups in total. The first-order chi connectivity index (χ1) is 7.20. The summed E-state index contributed by atoms with van der Waals surface area (Å²) in [6.07, 6.45) is 1.91. The fraction of sp³-hybridized carbons (Fsp3) is 0.818. The highest BCUT2D eigenvalue weighted by atomic mass is 16.2. The van der Waals surface area contributed by atoms with Crippen LogP contribution in [0.15, 0.2) is 0 Å². The lowest BCUT2D eigenvalue weighted by molar-refractivity contribution is -0.137. The molecule has 0 aromatic rings. The zero-order chi connectivity index (χ0) is 11.3. The third-order valence-electron chi connectivity index (χ3n) is 2.82. The van der Waals surface area contributed by atoms with Crippen LogP contribution < -0.4 is 5.32 Å². The van der Waals surface area contributed by atoms with Crippen LogP contribution in [0.25, 0.3) is 0 Å². The van der Waals surface area contributed by atoms with Crippen molar-refractivity contribution in [1.82, 2.24) is 10.2 Å². The van der Waals surface area contributed by atoms with E-state index in [1.165, 1.54) is 0 Å². The molecule has 1 aliphatic rings. The second-order valence-electron chi connectivity index (χ2n) is 4.07. The summed E-state index contributed by atoms with van der Waals surface area (Å²) in [5, 5.41) is 12.1. The highest BCUT2D eigenvalue weighted by Gasteiger charge is 2.28. The van der Waals surface area contributed by atoms with Crippen molar-refractivity contribution >= 4 is 5.91 Å². The third-order valence-corrected chi connectivity index (χ3v) is 2.82. The van der Waals surface area contributed by atoms with Crippen LogP contribution in [-0.4, -0.2) is 36.5 Å². The topological polar surface area (TPSA) is 56.1 Å². The Morgan fingerprint density at radius 2 is 2.47 bits per heavy atom. The van der Waals surface area contributed by atoms with E-state index in [4.69, 9.17) is 5.26 Å². The summed E-state index contributed by atoms with van der Waals surface area (Å²) in [5.74, 6) is 0.175. The van der Waals surface area contributed by atoms with Gasteiger partial charge in [-0.15, -0.1) is 0 Å². The number of hydrogen-bond acceptors (Lipinski definition) is 3. The van der Waals surface area contributed by atoms with Gasteiger partial charge in [-0.05, 0) is 6.42 Å². The van der Waals surface area contributed by atoms with Gasteiger partial charge in [0.25, 0.3) is 0 Å². The molecule has 4 heteroatoms. The summed E-state index contributed by atoms with van der Waals surface area (Å²) in [4.78, 5) is 13.7. The molecule has 1 fully saturated rings. The van der Waals surface area contributed by atoms with E-state index in [1.807, 2.05) is 6.92 Å². The molecule has 1 amide bonds. The van der Waals surface area contributed by atoms with Crippen molar-refractivity contribution in [1.29, 1.82) is 5.26 Å². The van der Waals surface area contributed by atoms with E-state index in [-0.39, 0.29) is 17.9 Å². The molecule has 2 atom stereocenters. The van der Waals surface area contributed by atoms with Gasteiger partial charge in [-0.25, -0.2) is 0 Å². The summed E-state index contributed by atoms with van der Waals surface area (Å²) >= 11 is 0. The minimum Gasteiger partial charge on any atom is -0.324 e. The first kappa shape index (κ1) is 12.0. The number of amides is 1. The van der Waals surface area contributed by atoms with Crippen LogP contribution in [0.3, 0.4) is 0 Å². The van der Waals surface area contributed by atoms with E-state index in [1.54, 1.807) is 4.90 Å². The molecule has 0 spiro atoms. The molecule has 0 bridgehead atoms. The second-order valence-corrected chi connectivity index (χ2v) is 4.07. The molecule has 0 aliphatic carbocycles. The number of rotatable bonds is 3. The highest BCUT2D eigenvalue weighted by molar-refractivity contribution is 5.79. The quantitative estimate of drug-likeness (QED) is 0.746. The fourth-order valence-corrected chi connectivity index (χ4v) is 1.92. The van der Waals surface area contributed by atoms with Crippen molar-refractivity contribution in [3.05, 3.63) is 0 Å². The Hall–Kier alpha value is -1.08. The van der Waals surface area contributed by atoms with Gasteiger partial charge in [0.1, 0.15) is 6.04 Å². The van der Waals surface area contributed by atoms with E-state index >= 15 is 0 Å². The lowest BCUT2D eigenvalue weighted by Crippen LogP contribution is -2.54. The number of hydrogen-bond donors (Lipinski definition) is 1. The van der Waals surface area contributed by atoms with Gasteiger partial charge in [0.15, 0.2) is 0 Å². The third kappa shape index (κ3) is 2.93. The Balaban J connectivity index is 2.60. The lowest BCUT2D eigenvalue weighted by atomic mass is 10.0. The molecular formula is C11H19N3O. The molecule has 1 aliphatic heterocycles. The van der Waals surface area contributed by atoms with Crippen LogP contribution in [0, 0.1) is 17.2 Å². The zero-order valence-corrected chi connectivity index (χ0v) is 9.49. The van der Waals surface area contributed by atoms with Crippen molar-refractivity contribution in [2.75, 3.05) is 19.6 Å². The molecule has 84 valence electrons. The predicted molar refractivity (Wildman–Crippen MR) is 58.1 cm³/mol. The monoisotopic (exact) mass is 209 g/mol. The molecule has 0 radical (unpaired) electrons. The van der Waals surface area contributed by atoms with Gasteiger partial charge in [-0.3, -0.25) is 4.79 Å². The Morgan fingerprint density at radius 1 is 1.73 bits per heavy atom. The van der Waals surface area contributed by atoms with Gasteiger partial charge >= 0.3 is 0 Å². The minimum absolute atomic E-state index is 0.0453. The van der Waals surface area contributed by atoms with Gasteiger partial charge in [0, 0.05) is 25.6 Å². The second kappa shape index (κ2) is 5.72. The first-order valence-corrected chi connectivity index (χ1v) is 5.61. The summed E-state index contributed by atoms with van der Waals surface area (Å²) in [6, 6.07) is 1.89. The summed E-state index contributed by atoms with van der Waals surface area (Å²) in [5.41, 5.74) is 0. The Bertz CT molecular complexity index is 259. The van der Waals surface area contributed by atoms with Crippen molar-refractivity contribution < 1.29 is 4.79 Å². The maximum absolute atomic E-state index is 12.0. The molecule has 0 aromatic heterocycles. The van der Waals surface area contributed by atoms with Crippen LogP contribution in [-0.2, 0) is 4.79 Å². The van der Waals surface area contributed by atoms with E-state index in [0.29, 0.717) is 13.1 Å². The molecule has 4 nitrogen and oxygen atoms in total. The van der Waals surface area contributed by atoms with Gasteiger partial charge in [-0.2, -0.15) is 5.26 Å². The molecule has 1 saturated heterocycles. The average molecular weight is 209 g/mol. The molecule has 0 aromatic carbocycles. The van der Waals surface area contributed by atoms with Gasteiger partial charge in [0.2, 0.25) is 5.91 Å². The Labute approximate surface area is 91.2 Å². The first-order valence-electron chi connectivity index (χ1n) is 5.61. The lowest BCUT2D eigenvalue weighted by Gasteiger charge is -2.33. The van der Waals surface area contributed by atoms with Gasteiger partial charge in [-0.1, -0.05) is 20.3 Å². The standard InChI is InChI=1S/C11H19N3O/c1-3-4-9(2)11(15)14-6-5-13-8-10(14)7-12/h9-10,13H,3-6,8H2,1-2H3. The highest BCUT2D eigenvalue weighted by Crippen LogP contribution is 2.13. The van der Waals surface area contributed by atoms with Crippen LogP contribution >= 0.6 is 0 Å². The van der Waals surface area contributed by atoms with E-state index < -0.39 is 0 Å². The van der Waals surface area contributed by atoms with E-state index in [9.17, 15) is 4.79 Å².